The SMILES string of the molecule is CC1(C)c2ccc(N(c3ccccc3)c3cccc4c3-c3ccccc3C43c4ccccc4-c4ccccc43)cc2-c2c(-c3ccccc3)cccc21. The molecule has 0 saturated heterocycles. The molecule has 0 aliphatic heterocycles. The van der Waals surface area contributed by atoms with Crippen LogP contribution in [-0.2, 0) is 10.8 Å². The van der Waals surface area contributed by atoms with Crippen LogP contribution < -0.4 is 4.90 Å². The predicted octanol–water partition coefficient (Wildman–Crippen LogP) is 13.5. The Bertz CT molecular complexity index is 2710. The number of rotatable bonds is 4. The number of nitrogens with zero attached hydrogens (tertiary/aromatic N) is 1. The Morgan fingerprint density at radius 2 is 0.868 bits per heavy atom. The smallest absolute Gasteiger partial charge is 0.0726 e. The molecule has 3 aliphatic rings. The fraction of sp³-hybridized carbons (Fsp3) is 0.0769. The molecule has 0 amide bonds. The zero-order valence-corrected chi connectivity index (χ0v) is 29.8. The third kappa shape index (κ3) is 3.97. The molecule has 11 rings (SSSR count). The largest absolute Gasteiger partial charge is 0.310 e. The van der Waals surface area contributed by atoms with Crippen molar-refractivity contribution in [2.45, 2.75) is 24.7 Å². The van der Waals surface area contributed by atoms with Gasteiger partial charge in [-0.1, -0.05) is 172 Å². The van der Waals surface area contributed by atoms with Gasteiger partial charge in [0.25, 0.3) is 0 Å². The van der Waals surface area contributed by atoms with E-state index in [4.69, 9.17) is 0 Å². The highest BCUT2D eigenvalue weighted by Gasteiger charge is 2.52. The van der Waals surface area contributed by atoms with E-state index in [9.17, 15) is 0 Å². The van der Waals surface area contributed by atoms with E-state index in [1.54, 1.807) is 0 Å². The number of fused-ring (bicyclic) bond motifs is 13. The molecule has 0 aromatic heterocycles. The second-order valence-corrected chi connectivity index (χ2v) is 15.2. The van der Waals surface area contributed by atoms with E-state index in [-0.39, 0.29) is 5.41 Å². The molecule has 8 aromatic carbocycles. The van der Waals surface area contributed by atoms with Crippen molar-refractivity contribution >= 4 is 17.1 Å². The van der Waals surface area contributed by atoms with Gasteiger partial charge in [0.2, 0.25) is 0 Å². The topological polar surface area (TPSA) is 3.24 Å². The highest BCUT2D eigenvalue weighted by molar-refractivity contribution is 6.02. The van der Waals surface area contributed by atoms with Gasteiger partial charge in [0, 0.05) is 22.4 Å². The van der Waals surface area contributed by atoms with Crippen LogP contribution in [-0.4, -0.2) is 0 Å². The van der Waals surface area contributed by atoms with Crippen LogP contribution in [0.5, 0.6) is 0 Å². The molecule has 0 heterocycles. The quantitative estimate of drug-likeness (QED) is 0.179. The maximum Gasteiger partial charge on any atom is 0.0726 e. The van der Waals surface area contributed by atoms with Gasteiger partial charge in [0.05, 0.1) is 11.1 Å². The minimum absolute atomic E-state index is 0.117. The lowest BCUT2D eigenvalue weighted by Crippen LogP contribution is -2.26. The Balaban J connectivity index is 1.19. The molecular formula is C52H37N. The Morgan fingerprint density at radius 3 is 1.57 bits per heavy atom. The molecule has 250 valence electrons. The van der Waals surface area contributed by atoms with Crippen molar-refractivity contribution in [2.24, 2.45) is 0 Å². The van der Waals surface area contributed by atoms with Gasteiger partial charge in [-0.2, -0.15) is 0 Å². The van der Waals surface area contributed by atoms with E-state index in [0.717, 1.165) is 11.4 Å². The zero-order valence-electron chi connectivity index (χ0n) is 29.8. The van der Waals surface area contributed by atoms with Gasteiger partial charge in [-0.15, -0.1) is 0 Å². The minimum atomic E-state index is -0.400. The third-order valence-electron chi connectivity index (χ3n) is 12.3. The van der Waals surface area contributed by atoms with Crippen molar-refractivity contribution in [1.82, 2.24) is 0 Å². The predicted molar refractivity (Wildman–Crippen MR) is 220 cm³/mol. The third-order valence-corrected chi connectivity index (χ3v) is 12.3. The van der Waals surface area contributed by atoms with Crippen LogP contribution in [0.1, 0.15) is 47.2 Å². The maximum absolute atomic E-state index is 2.50. The molecule has 0 unspecified atom stereocenters. The second kappa shape index (κ2) is 11.0. The first-order valence-electron chi connectivity index (χ1n) is 18.7. The molecule has 0 N–H and O–H groups in total. The average molecular weight is 676 g/mol. The fourth-order valence-electron chi connectivity index (χ4n) is 10.1. The lowest BCUT2D eigenvalue weighted by molar-refractivity contribution is 0.660. The van der Waals surface area contributed by atoms with Crippen LogP contribution in [0.3, 0.4) is 0 Å². The van der Waals surface area contributed by atoms with Gasteiger partial charge in [-0.25, -0.2) is 0 Å². The van der Waals surface area contributed by atoms with Crippen LogP contribution in [0, 0.1) is 0 Å². The first kappa shape index (κ1) is 30.2. The summed E-state index contributed by atoms with van der Waals surface area (Å²) in [6, 6.07) is 70.0. The first-order valence-corrected chi connectivity index (χ1v) is 18.7. The summed E-state index contributed by atoms with van der Waals surface area (Å²) in [5.41, 5.74) is 21.6. The van der Waals surface area contributed by atoms with Crippen molar-refractivity contribution in [3.63, 3.8) is 0 Å². The minimum Gasteiger partial charge on any atom is -0.310 e. The van der Waals surface area contributed by atoms with Gasteiger partial charge in [-0.05, 0) is 103 Å². The van der Waals surface area contributed by atoms with Gasteiger partial charge in [0.15, 0.2) is 0 Å². The molecule has 1 spiro atoms. The highest BCUT2D eigenvalue weighted by atomic mass is 15.1. The van der Waals surface area contributed by atoms with E-state index >= 15 is 0 Å². The van der Waals surface area contributed by atoms with Crippen LogP contribution in [0.4, 0.5) is 17.1 Å². The molecule has 0 bridgehead atoms. The van der Waals surface area contributed by atoms with Crippen molar-refractivity contribution in [3.05, 3.63) is 221 Å². The van der Waals surface area contributed by atoms with Crippen LogP contribution in [0.25, 0.3) is 44.5 Å². The van der Waals surface area contributed by atoms with Gasteiger partial charge in [-0.3, -0.25) is 0 Å². The Morgan fingerprint density at radius 1 is 0.340 bits per heavy atom. The van der Waals surface area contributed by atoms with E-state index in [2.05, 4.69) is 207 Å². The van der Waals surface area contributed by atoms with Crippen LogP contribution >= 0.6 is 0 Å². The summed E-state index contributed by atoms with van der Waals surface area (Å²) in [5.74, 6) is 0. The Hall–Kier alpha value is -6.44. The number of hydrogen-bond donors (Lipinski definition) is 0. The number of para-hydroxylation sites is 1. The van der Waals surface area contributed by atoms with E-state index in [0.29, 0.717) is 0 Å². The average Bonchev–Trinajstić information content (AvgIpc) is 3.78. The van der Waals surface area contributed by atoms with Gasteiger partial charge in [0.1, 0.15) is 0 Å². The summed E-state index contributed by atoms with van der Waals surface area (Å²) in [6.45, 7) is 4.75. The molecule has 8 aromatic rings. The maximum atomic E-state index is 2.50. The summed E-state index contributed by atoms with van der Waals surface area (Å²) in [4.78, 5) is 2.50. The fourth-order valence-corrected chi connectivity index (χ4v) is 10.1. The molecule has 0 atom stereocenters. The van der Waals surface area contributed by atoms with E-state index < -0.39 is 5.41 Å². The monoisotopic (exact) mass is 675 g/mol. The van der Waals surface area contributed by atoms with E-state index in [1.807, 2.05) is 0 Å². The molecule has 53 heavy (non-hydrogen) atoms. The van der Waals surface area contributed by atoms with Crippen molar-refractivity contribution in [3.8, 4) is 44.5 Å². The zero-order chi connectivity index (χ0) is 35.3. The molecule has 3 aliphatic carbocycles. The second-order valence-electron chi connectivity index (χ2n) is 15.2. The number of benzene rings is 8. The standard InChI is InChI=1S/C52H37N/c1-51(2)42-32-31-36(33-41(42)49-37(24-15-28-46(49)51)34-17-5-3-6-18-34)53(35-19-7-4-8-20-35)48-30-16-29-47-50(48)40-23-11-14-27-45(40)52(47)43-25-12-9-21-38(43)39-22-10-13-26-44(39)52/h3-33H,1-2H3. The summed E-state index contributed by atoms with van der Waals surface area (Å²) in [7, 11) is 0. The van der Waals surface area contributed by atoms with Crippen molar-refractivity contribution < 1.29 is 0 Å². The molecule has 0 radical (unpaired) electrons. The lowest BCUT2D eigenvalue weighted by Gasteiger charge is -2.32. The van der Waals surface area contributed by atoms with Crippen LogP contribution in [0.2, 0.25) is 0 Å². The van der Waals surface area contributed by atoms with Gasteiger partial charge >= 0.3 is 0 Å². The summed E-state index contributed by atoms with van der Waals surface area (Å²) in [5, 5.41) is 0. The Labute approximate surface area is 311 Å². The van der Waals surface area contributed by atoms with Crippen molar-refractivity contribution in [1.29, 1.82) is 0 Å². The van der Waals surface area contributed by atoms with E-state index in [1.165, 1.54) is 83.6 Å². The van der Waals surface area contributed by atoms with Crippen molar-refractivity contribution in [2.75, 3.05) is 4.90 Å². The summed E-state index contributed by atoms with van der Waals surface area (Å²) >= 11 is 0. The first-order chi connectivity index (χ1) is 26.1. The number of anilines is 3. The number of hydrogen-bond acceptors (Lipinski definition) is 1. The summed E-state index contributed by atoms with van der Waals surface area (Å²) < 4.78 is 0. The Kier molecular flexibility index (Phi) is 6.29. The lowest BCUT2D eigenvalue weighted by atomic mass is 9.70. The molecule has 0 fully saturated rings. The van der Waals surface area contributed by atoms with Gasteiger partial charge < -0.3 is 4.90 Å². The summed E-state index contributed by atoms with van der Waals surface area (Å²) in [6.07, 6.45) is 0. The normalized spacial score (nSPS) is 14.5. The molecular weight excluding hydrogens is 639 g/mol. The molecule has 1 nitrogen and oxygen atoms in total. The molecule has 1 heteroatoms. The van der Waals surface area contributed by atoms with Crippen LogP contribution in [0.15, 0.2) is 188 Å². The molecule has 0 saturated carbocycles. The highest BCUT2D eigenvalue weighted by Crippen LogP contribution is 2.65.